The van der Waals surface area contributed by atoms with Gasteiger partial charge in [-0.2, -0.15) is 5.10 Å². The number of aromatic nitrogens is 3. The van der Waals surface area contributed by atoms with Gasteiger partial charge in [0.25, 0.3) is 0 Å². The minimum Gasteiger partial charge on any atom is -0.236 e. The molecule has 2 aromatic rings. The first-order valence-corrected chi connectivity index (χ1v) is 5.14. The fourth-order valence-corrected chi connectivity index (χ4v) is 1.53. The van der Waals surface area contributed by atoms with E-state index in [1.165, 1.54) is 17.5 Å². The molecule has 0 aliphatic carbocycles. The normalized spacial score (nSPS) is 10.4. The highest BCUT2D eigenvalue weighted by Crippen LogP contribution is 2.09. The topological polar surface area (TPSA) is 30.7 Å². The van der Waals surface area contributed by atoms with Gasteiger partial charge in [0.05, 0.1) is 6.54 Å². The molecule has 2 rings (SSSR count). The molecule has 14 heavy (non-hydrogen) atoms. The van der Waals surface area contributed by atoms with E-state index < -0.39 is 0 Å². The second kappa shape index (κ2) is 3.92. The highest BCUT2D eigenvalue weighted by atomic mass is 79.9. The van der Waals surface area contributed by atoms with Gasteiger partial charge >= 0.3 is 0 Å². The van der Waals surface area contributed by atoms with E-state index in [0.717, 1.165) is 11.3 Å². The first-order chi connectivity index (χ1) is 6.75. The third kappa shape index (κ3) is 2.01. The van der Waals surface area contributed by atoms with Gasteiger partial charge in [-0.15, -0.1) is 0 Å². The smallest absolute Gasteiger partial charge is 0.195 e. The van der Waals surface area contributed by atoms with Crippen molar-refractivity contribution in [3.05, 3.63) is 46.5 Å². The molecule has 0 N–H and O–H groups in total. The Balaban J connectivity index is 2.19. The van der Waals surface area contributed by atoms with Gasteiger partial charge in [0.2, 0.25) is 0 Å². The van der Waals surface area contributed by atoms with Crippen molar-refractivity contribution < 1.29 is 0 Å². The third-order valence-corrected chi connectivity index (χ3v) is 2.64. The van der Waals surface area contributed by atoms with Crippen molar-refractivity contribution in [1.82, 2.24) is 14.8 Å². The molecule has 0 bridgehead atoms. The van der Waals surface area contributed by atoms with Crippen LogP contribution in [0.3, 0.4) is 0 Å². The van der Waals surface area contributed by atoms with Crippen LogP contribution in [0.2, 0.25) is 0 Å². The summed E-state index contributed by atoms with van der Waals surface area (Å²) < 4.78 is 2.57. The summed E-state index contributed by atoms with van der Waals surface area (Å²) in [4.78, 5) is 4.00. The van der Waals surface area contributed by atoms with E-state index in [-0.39, 0.29) is 0 Å². The lowest BCUT2D eigenvalue weighted by Gasteiger charge is -2.02. The van der Waals surface area contributed by atoms with E-state index in [1.54, 1.807) is 0 Å². The van der Waals surface area contributed by atoms with Crippen molar-refractivity contribution in [2.75, 3.05) is 0 Å². The number of aryl methyl sites for hydroxylation is 1. The summed E-state index contributed by atoms with van der Waals surface area (Å²) in [5, 5.41) is 4.09. The Morgan fingerprint density at radius 2 is 2.00 bits per heavy atom. The van der Waals surface area contributed by atoms with Crippen molar-refractivity contribution in [2.45, 2.75) is 13.5 Å². The minimum atomic E-state index is 0.751. The first-order valence-electron chi connectivity index (χ1n) is 4.34. The van der Waals surface area contributed by atoms with Crippen molar-refractivity contribution in [1.29, 1.82) is 0 Å². The highest BCUT2D eigenvalue weighted by Gasteiger charge is 2.00. The summed E-state index contributed by atoms with van der Waals surface area (Å²) in [5.41, 5.74) is 2.49. The van der Waals surface area contributed by atoms with Crippen molar-refractivity contribution in [3.8, 4) is 0 Å². The number of hydrogen-bond acceptors (Lipinski definition) is 2. The largest absolute Gasteiger partial charge is 0.236 e. The zero-order chi connectivity index (χ0) is 9.97. The predicted molar refractivity (Wildman–Crippen MR) is 58.0 cm³/mol. The molecule has 0 saturated carbocycles. The Kier molecular flexibility index (Phi) is 2.63. The summed E-state index contributed by atoms with van der Waals surface area (Å²) in [7, 11) is 0. The number of hydrogen-bond donors (Lipinski definition) is 0. The summed E-state index contributed by atoms with van der Waals surface area (Å²) in [6.07, 6.45) is 1.54. The molecular weight excluding hydrogens is 242 g/mol. The van der Waals surface area contributed by atoms with Crippen LogP contribution in [-0.4, -0.2) is 14.8 Å². The van der Waals surface area contributed by atoms with Crippen LogP contribution < -0.4 is 0 Å². The van der Waals surface area contributed by atoms with Crippen LogP contribution in [0.25, 0.3) is 0 Å². The summed E-state index contributed by atoms with van der Waals surface area (Å²) in [6, 6.07) is 8.40. The van der Waals surface area contributed by atoms with Crippen LogP contribution in [0.15, 0.2) is 35.3 Å². The van der Waals surface area contributed by atoms with Crippen molar-refractivity contribution in [2.24, 2.45) is 0 Å². The molecule has 0 amide bonds. The second-order valence-corrected chi connectivity index (χ2v) is 3.88. The summed E-state index contributed by atoms with van der Waals surface area (Å²) in [6.45, 7) is 2.83. The molecule has 3 nitrogen and oxygen atoms in total. The number of nitrogens with zero attached hydrogens (tertiary/aromatic N) is 3. The standard InChI is InChI=1S/C10H10BrN3/c1-8-2-4-9(5-3-8)6-14-10(11)12-7-13-14/h2-5,7H,6H2,1H3. The molecule has 1 aromatic heterocycles. The zero-order valence-electron chi connectivity index (χ0n) is 7.81. The SMILES string of the molecule is Cc1ccc(Cn2ncnc2Br)cc1. The van der Waals surface area contributed by atoms with Gasteiger partial charge < -0.3 is 0 Å². The molecule has 0 aliphatic heterocycles. The van der Waals surface area contributed by atoms with Crippen molar-refractivity contribution >= 4 is 15.9 Å². The Labute approximate surface area is 90.9 Å². The highest BCUT2D eigenvalue weighted by molar-refractivity contribution is 9.10. The van der Waals surface area contributed by atoms with E-state index in [9.17, 15) is 0 Å². The maximum atomic E-state index is 4.09. The monoisotopic (exact) mass is 251 g/mol. The van der Waals surface area contributed by atoms with Crippen molar-refractivity contribution in [3.63, 3.8) is 0 Å². The van der Waals surface area contributed by atoms with E-state index >= 15 is 0 Å². The van der Waals surface area contributed by atoms with Crippen LogP contribution in [0.1, 0.15) is 11.1 Å². The van der Waals surface area contributed by atoms with Gasteiger partial charge in [-0.3, -0.25) is 0 Å². The van der Waals surface area contributed by atoms with E-state index in [1.807, 2.05) is 4.68 Å². The molecular formula is C10H10BrN3. The first kappa shape index (κ1) is 9.40. The molecule has 0 aliphatic rings. The molecule has 0 fully saturated rings. The maximum Gasteiger partial charge on any atom is 0.195 e. The average Bonchev–Trinajstić information content (AvgIpc) is 2.56. The number of benzene rings is 1. The fraction of sp³-hybridized carbons (Fsp3) is 0.200. The Morgan fingerprint density at radius 1 is 1.29 bits per heavy atom. The van der Waals surface area contributed by atoms with Gasteiger partial charge in [-0.25, -0.2) is 9.67 Å². The van der Waals surface area contributed by atoms with Gasteiger partial charge in [0.15, 0.2) is 4.73 Å². The minimum absolute atomic E-state index is 0.751. The lowest BCUT2D eigenvalue weighted by Crippen LogP contribution is -2.01. The second-order valence-electron chi connectivity index (χ2n) is 3.17. The van der Waals surface area contributed by atoms with E-state index in [2.05, 4.69) is 57.2 Å². The molecule has 0 unspecified atom stereocenters. The number of rotatable bonds is 2. The zero-order valence-corrected chi connectivity index (χ0v) is 9.40. The Morgan fingerprint density at radius 3 is 2.57 bits per heavy atom. The predicted octanol–water partition coefficient (Wildman–Crippen LogP) is 2.40. The van der Waals surface area contributed by atoms with Crippen LogP contribution >= 0.6 is 15.9 Å². The molecule has 0 saturated heterocycles. The molecule has 0 spiro atoms. The summed E-state index contributed by atoms with van der Waals surface area (Å²) in [5.74, 6) is 0. The molecule has 1 heterocycles. The maximum absolute atomic E-state index is 4.09. The van der Waals surface area contributed by atoms with Gasteiger partial charge in [-0.1, -0.05) is 29.8 Å². The van der Waals surface area contributed by atoms with Crippen LogP contribution in [-0.2, 0) is 6.54 Å². The number of halogens is 1. The Bertz CT molecular complexity index is 419. The lowest BCUT2D eigenvalue weighted by molar-refractivity contribution is 0.668. The molecule has 72 valence electrons. The van der Waals surface area contributed by atoms with Gasteiger partial charge in [0.1, 0.15) is 6.33 Å². The molecule has 1 aromatic carbocycles. The lowest BCUT2D eigenvalue weighted by atomic mass is 10.1. The van der Waals surface area contributed by atoms with Crippen LogP contribution in [0, 0.1) is 6.92 Å². The van der Waals surface area contributed by atoms with Crippen LogP contribution in [0.4, 0.5) is 0 Å². The molecule has 0 radical (unpaired) electrons. The molecule has 4 heteroatoms. The van der Waals surface area contributed by atoms with Gasteiger partial charge in [0, 0.05) is 0 Å². The molecule has 0 atom stereocenters. The average molecular weight is 252 g/mol. The Hall–Kier alpha value is -1.16. The third-order valence-electron chi connectivity index (χ3n) is 2.02. The summed E-state index contributed by atoms with van der Waals surface area (Å²) >= 11 is 3.33. The van der Waals surface area contributed by atoms with E-state index in [0.29, 0.717) is 0 Å². The van der Waals surface area contributed by atoms with E-state index in [4.69, 9.17) is 0 Å². The van der Waals surface area contributed by atoms with Gasteiger partial charge in [-0.05, 0) is 28.4 Å². The van der Waals surface area contributed by atoms with Crippen LogP contribution in [0.5, 0.6) is 0 Å². The quantitative estimate of drug-likeness (QED) is 0.821. The fourth-order valence-electron chi connectivity index (χ4n) is 1.22.